The van der Waals surface area contributed by atoms with Crippen LogP contribution >= 0.6 is 0 Å². The van der Waals surface area contributed by atoms with Crippen LogP contribution in [-0.2, 0) is 14.6 Å². The molecular formula is C46H43N7O8S. The van der Waals surface area contributed by atoms with Crippen LogP contribution in [0.15, 0.2) is 113 Å². The molecule has 2 heterocycles. The van der Waals surface area contributed by atoms with Gasteiger partial charge in [0, 0.05) is 70.8 Å². The van der Waals surface area contributed by atoms with Crippen LogP contribution in [0.1, 0.15) is 56.3 Å². The summed E-state index contributed by atoms with van der Waals surface area (Å²) in [5, 5.41) is 22.4. The standard InChI is InChI=1S/C46H43N7O8S/c1-27-18-35(23-37-42(27)50-24-38(45(48)56)43(37)51-31-10-7-11-33(20-31)60-2)62(58,59)34-12-6-9-29(19-34)46(57)52-30-15-13-28(14-16-30)8-4-3-5-17-49-25-39(47)36-21-32(54)22-40-44(36)61-26-41(55)53-40/h6-7,9-16,18-24,39,49,54H,3,5,17,25-26,47H2,1-2H3,(H2,48,56)(H,50,51)(H,52,57)(H,53,55)/t39-/m0/s1. The summed E-state index contributed by atoms with van der Waals surface area (Å²) in [6.45, 7) is 2.67. The van der Waals surface area contributed by atoms with Crippen molar-refractivity contribution in [2.45, 2.75) is 35.6 Å². The normalized spacial score (nSPS) is 12.5. The number of nitrogens with one attached hydrogen (secondary N) is 4. The molecule has 1 aliphatic rings. The first-order valence-corrected chi connectivity index (χ1v) is 20.9. The fourth-order valence-electron chi connectivity index (χ4n) is 6.87. The van der Waals surface area contributed by atoms with Crippen molar-refractivity contribution in [2.75, 3.05) is 42.8 Å². The van der Waals surface area contributed by atoms with Gasteiger partial charge in [-0.1, -0.05) is 24.0 Å². The number of unbranched alkanes of at least 4 members (excludes halogenated alkanes) is 1. The zero-order chi connectivity index (χ0) is 44.0. The summed E-state index contributed by atoms with van der Waals surface area (Å²) in [4.78, 5) is 41.8. The largest absolute Gasteiger partial charge is 0.508 e. The number of nitrogens with two attached hydrogens (primary N) is 2. The number of fused-ring (bicyclic) bond motifs is 2. The third-order valence-corrected chi connectivity index (χ3v) is 11.7. The van der Waals surface area contributed by atoms with E-state index < -0.39 is 27.7 Å². The molecule has 9 N–H and O–H groups in total. The number of phenols is 1. The van der Waals surface area contributed by atoms with Crippen molar-refractivity contribution < 1.29 is 37.4 Å². The van der Waals surface area contributed by atoms with Gasteiger partial charge in [0.2, 0.25) is 9.84 Å². The molecule has 1 atom stereocenters. The summed E-state index contributed by atoms with van der Waals surface area (Å²) in [6, 6.07) is 25.2. The number of rotatable bonds is 14. The van der Waals surface area contributed by atoms with Gasteiger partial charge in [-0.15, -0.1) is 0 Å². The number of nitrogens with zero attached hydrogens (tertiary/aromatic N) is 1. The van der Waals surface area contributed by atoms with Gasteiger partial charge in [0.1, 0.15) is 17.2 Å². The zero-order valence-corrected chi connectivity index (χ0v) is 34.6. The highest BCUT2D eigenvalue weighted by Gasteiger charge is 2.25. The Balaban J connectivity index is 0.972. The minimum atomic E-state index is -4.18. The van der Waals surface area contributed by atoms with E-state index in [1.54, 1.807) is 55.5 Å². The second-order valence-electron chi connectivity index (χ2n) is 14.4. The minimum Gasteiger partial charge on any atom is -0.508 e. The van der Waals surface area contributed by atoms with Crippen LogP contribution in [0.2, 0.25) is 0 Å². The van der Waals surface area contributed by atoms with Gasteiger partial charge in [0.05, 0.1) is 39.4 Å². The Kier molecular flexibility index (Phi) is 12.7. The van der Waals surface area contributed by atoms with E-state index in [2.05, 4.69) is 38.1 Å². The Bertz CT molecular complexity index is 2890. The number of amides is 3. The van der Waals surface area contributed by atoms with E-state index in [0.29, 0.717) is 70.1 Å². The van der Waals surface area contributed by atoms with Crippen molar-refractivity contribution in [1.29, 1.82) is 0 Å². The second-order valence-corrected chi connectivity index (χ2v) is 16.4. The van der Waals surface area contributed by atoms with Gasteiger partial charge in [-0.25, -0.2) is 8.42 Å². The molecule has 3 amide bonds. The number of aromatic nitrogens is 1. The van der Waals surface area contributed by atoms with Crippen molar-refractivity contribution in [3.8, 4) is 29.1 Å². The number of sulfone groups is 1. The van der Waals surface area contributed by atoms with Crippen molar-refractivity contribution in [1.82, 2.24) is 10.3 Å². The Morgan fingerprint density at radius 2 is 1.79 bits per heavy atom. The number of pyridine rings is 1. The fraction of sp³-hybridized carbons (Fsp3) is 0.174. The number of ether oxygens (including phenoxy) is 2. The maximum atomic E-state index is 14.1. The fourth-order valence-corrected chi connectivity index (χ4v) is 8.29. The maximum Gasteiger partial charge on any atom is 0.262 e. The zero-order valence-electron chi connectivity index (χ0n) is 33.7. The molecule has 1 aliphatic heterocycles. The highest BCUT2D eigenvalue weighted by atomic mass is 32.2. The van der Waals surface area contributed by atoms with Gasteiger partial charge in [-0.3, -0.25) is 19.4 Å². The van der Waals surface area contributed by atoms with E-state index in [0.717, 1.165) is 12.0 Å². The first kappa shape index (κ1) is 42.7. The molecule has 7 rings (SSSR count). The van der Waals surface area contributed by atoms with Crippen LogP contribution in [0, 0.1) is 18.8 Å². The molecule has 16 heteroatoms. The Hall–Kier alpha value is -7.45. The van der Waals surface area contributed by atoms with Gasteiger partial charge in [-0.05, 0) is 98.2 Å². The molecule has 6 aromatic rings. The maximum absolute atomic E-state index is 14.1. The summed E-state index contributed by atoms with van der Waals surface area (Å²) >= 11 is 0. The molecule has 0 saturated heterocycles. The first-order valence-electron chi connectivity index (χ1n) is 19.5. The molecule has 5 aromatic carbocycles. The van der Waals surface area contributed by atoms with E-state index >= 15 is 0 Å². The molecule has 1 aromatic heterocycles. The molecule has 62 heavy (non-hydrogen) atoms. The number of primary amides is 1. The van der Waals surface area contributed by atoms with Crippen LogP contribution in [0.3, 0.4) is 0 Å². The Morgan fingerprint density at radius 3 is 2.56 bits per heavy atom. The number of hydrogen-bond donors (Lipinski definition) is 7. The quantitative estimate of drug-likeness (QED) is 0.0498. The van der Waals surface area contributed by atoms with Crippen molar-refractivity contribution in [2.24, 2.45) is 11.5 Å². The van der Waals surface area contributed by atoms with Crippen LogP contribution < -0.4 is 42.2 Å². The highest BCUT2D eigenvalue weighted by Crippen LogP contribution is 2.38. The first-order chi connectivity index (χ1) is 29.8. The topological polar surface area (TPSA) is 237 Å². The van der Waals surface area contributed by atoms with E-state index in [9.17, 15) is 27.9 Å². The number of methoxy groups -OCH3 is 1. The van der Waals surface area contributed by atoms with Crippen LogP contribution in [0.5, 0.6) is 17.2 Å². The van der Waals surface area contributed by atoms with Gasteiger partial charge in [0.15, 0.2) is 6.61 Å². The summed E-state index contributed by atoms with van der Waals surface area (Å²) in [7, 11) is -2.65. The van der Waals surface area contributed by atoms with E-state index in [4.69, 9.17) is 20.9 Å². The lowest BCUT2D eigenvalue weighted by Gasteiger charge is -2.24. The van der Waals surface area contributed by atoms with Gasteiger partial charge in [0.25, 0.3) is 17.7 Å². The number of aromatic hydroxyl groups is 1. The molecular weight excluding hydrogens is 811 g/mol. The van der Waals surface area contributed by atoms with Crippen molar-refractivity contribution >= 4 is 61.2 Å². The smallest absolute Gasteiger partial charge is 0.262 e. The number of carbonyl (C=O) groups is 3. The summed E-state index contributed by atoms with van der Waals surface area (Å²) in [5.41, 5.74) is 16.4. The summed E-state index contributed by atoms with van der Waals surface area (Å²) < 4.78 is 39.2. The molecule has 0 bridgehead atoms. The monoisotopic (exact) mass is 853 g/mol. The number of benzene rings is 5. The molecule has 15 nitrogen and oxygen atoms in total. The van der Waals surface area contributed by atoms with E-state index in [1.807, 2.05) is 0 Å². The number of anilines is 4. The molecule has 0 aliphatic carbocycles. The number of hydrogen-bond acceptors (Lipinski definition) is 12. The third-order valence-electron chi connectivity index (χ3n) is 9.98. The summed E-state index contributed by atoms with van der Waals surface area (Å²) in [5.74, 6) is 5.70. The lowest BCUT2D eigenvalue weighted by atomic mass is 10.0. The minimum absolute atomic E-state index is 0.0185. The molecule has 0 spiro atoms. The van der Waals surface area contributed by atoms with Crippen molar-refractivity contribution in [3.05, 3.63) is 131 Å². The van der Waals surface area contributed by atoms with Crippen molar-refractivity contribution in [3.63, 3.8) is 0 Å². The van der Waals surface area contributed by atoms with Gasteiger partial charge < -0.3 is 47.3 Å². The average molecular weight is 854 g/mol. The lowest BCUT2D eigenvalue weighted by Crippen LogP contribution is -2.30. The number of phenolic OH excluding ortho intramolecular Hbond substituents is 1. The van der Waals surface area contributed by atoms with Crippen LogP contribution in [0.4, 0.5) is 22.7 Å². The number of carbonyl (C=O) groups excluding carboxylic acids is 3. The number of aryl methyl sites for hydroxylation is 1. The van der Waals surface area contributed by atoms with Crippen LogP contribution in [0.25, 0.3) is 10.9 Å². The highest BCUT2D eigenvalue weighted by molar-refractivity contribution is 7.91. The molecule has 0 radical (unpaired) electrons. The third kappa shape index (κ3) is 9.61. The molecule has 0 unspecified atom stereocenters. The Morgan fingerprint density at radius 1 is 1.00 bits per heavy atom. The Labute approximate surface area is 357 Å². The van der Waals surface area contributed by atoms with E-state index in [1.165, 1.54) is 61.8 Å². The molecule has 0 fully saturated rings. The van der Waals surface area contributed by atoms with Crippen LogP contribution in [-0.4, -0.2) is 63.0 Å². The molecule has 316 valence electrons. The van der Waals surface area contributed by atoms with E-state index in [-0.39, 0.29) is 44.9 Å². The predicted molar refractivity (Wildman–Crippen MR) is 236 cm³/mol. The average Bonchev–Trinajstić information content (AvgIpc) is 3.26. The lowest BCUT2D eigenvalue weighted by molar-refractivity contribution is -0.118. The second kappa shape index (κ2) is 18.4. The summed E-state index contributed by atoms with van der Waals surface area (Å²) in [6.07, 6.45) is 2.72. The molecule has 0 saturated carbocycles. The van der Waals surface area contributed by atoms with Gasteiger partial charge >= 0.3 is 0 Å². The predicted octanol–water partition coefficient (Wildman–Crippen LogP) is 5.94. The SMILES string of the molecule is COc1cccc(Nc2c(C(N)=O)cnc3c(C)cc(S(=O)(=O)c4cccc(C(=O)Nc5ccc(C#CCCCNC[C@H](N)c6cc(O)cc7c6OCC(=O)N7)cc5)c4)cc23)c1. The van der Waals surface area contributed by atoms with Gasteiger partial charge in [-0.2, -0.15) is 0 Å².